The van der Waals surface area contributed by atoms with Crippen LogP contribution in [0.25, 0.3) is 0 Å². The monoisotopic (exact) mass is 246 g/mol. The maximum Gasteiger partial charge on any atom is 0.0316 e. The van der Waals surface area contributed by atoms with Crippen molar-refractivity contribution in [1.82, 2.24) is 5.32 Å². The second-order valence-electron chi connectivity index (χ2n) is 5.49. The molecular weight excluding hydrogens is 220 g/mol. The van der Waals surface area contributed by atoms with E-state index in [0.29, 0.717) is 0 Å². The largest absolute Gasteiger partial charge is 0.399 e. The summed E-state index contributed by atoms with van der Waals surface area (Å²) in [4.78, 5) is 0. The summed E-state index contributed by atoms with van der Waals surface area (Å²) in [5.41, 5.74) is 8.02. The smallest absolute Gasteiger partial charge is 0.0316 e. The molecule has 0 aliphatic heterocycles. The number of hydrogen-bond acceptors (Lipinski definition) is 2. The highest BCUT2D eigenvalue weighted by Crippen LogP contribution is 2.17. The summed E-state index contributed by atoms with van der Waals surface area (Å²) in [7, 11) is 0. The third kappa shape index (κ3) is 4.69. The Kier molecular flexibility index (Phi) is 5.53. The predicted molar refractivity (Wildman–Crippen MR) is 78.7 cm³/mol. The van der Waals surface area contributed by atoms with Crippen molar-refractivity contribution in [2.45, 2.75) is 57.4 Å². The van der Waals surface area contributed by atoms with E-state index in [1.807, 2.05) is 12.1 Å². The third-order valence-corrected chi connectivity index (χ3v) is 3.88. The molecule has 0 radical (unpaired) electrons. The molecule has 0 spiro atoms. The minimum Gasteiger partial charge on any atom is -0.399 e. The average molecular weight is 246 g/mol. The minimum atomic E-state index is 0.797. The van der Waals surface area contributed by atoms with Gasteiger partial charge in [0.05, 0.1) is 0 Å². The van der Waals surface area contributed by atoms with Crippen LogP contribution < -0.4 is 11.1 Å². The maximum atomic E-state index is 5.77. The third-order valence-electron chi connectivity index (χ3n) is 3.88. The zero-order valence-electron chi connectivity index (χ0n) is 11.3. The summed E-state index contributed by atoms with van der Waals surface area (Å²) in [5, 5.41) is 3.69. The van der Waals surface area contributed by atoms with Crippen LogP contribution in [-0.2, 0) is 6.42 Å². The zero-order chi connectivity index (χ0) is 12.6. The molecule has 1 aliphatic rings. The van der Waals surface area contributed by atoms with Gasteiger partial charge in [0.25, 0.3) is 0 Å². The minimum absolute atomic E-state index is 0.797. The number of anilines is 1. The van der Waals surface area contributed by atoms with Crippen LogP contribution in [0.2, 0.25) is 0 Å². The van der Waals surface area contributed by atoms with E-state index in [9.17, 15) is 0 Å². The molecule has 0 unspecified atom stereocenters. The van der Waals surface area contributed by atoms with E-state index in [1.165, 1.54) is 57.1 Å². The molecule has 0 amide bonds. The van der Waals surface area contributed by atoms with Gasteiger partial charge in [-0.3, -0.25) is 0 Å². The number of nitrogens with one attached hydrogen (secondary N) is 1. The Morgan fingerprint density at radius 1 is 1.11 bits per heavy atom. The Balaban J connectivity index is 1.55. The van der Waals surface area contributed by atoms with Gasteiger partial charge in [0.2, 0.25) is 0 Å². The zero-order valence-corrected chi connectivity index (χ0v) is 11.3. The van der Waals surface area contributed by atoms with Crippen molar-refractivity contribution >= 4 is 5.69 Å². The van der Waals surface area contributed by atoms with Crippen LogP contribution in [0.5, 0.6) is 0 Å². The van der Waals surface area contributed by atoms with Crippen molar-refractivity contribution in [1.29, 1.82) is 0 Å². The fourth-order valence-electron chi connectivity index (χ4n) is 2.82. The Hall–Kier alpha value is -1.02. The first kappa shape index (κ1) is 13.4. The lowest BCUT2D eigenvalue weighted by molar-refractivity contribution is 0.371. The van der Waals surface area contributed by atoms with Gasteiger partial charge in [0.15, 0.2) is 0 Å². The van der Waals surface area contributed by atoms with Gasteiger partial charge in [-0.05, 0) is 56.3 Å². The van der Waals surface area contributed by atoms with E-state index >= 15 is 0 Å². The fourth-order valence-corrected chi connectivity index (χ4v) is 2.82. The summed E-state index contributed by atoms with van der Waals surface area (Å²) in [6, 6.07) is 9.06. The van der Waals surface area contributed by atoms with Crippen LogP contribution in [0.15, 0.2) is 24.3 Å². The summed E-state index contributed by atoms with van der Waals surface area (Å²) in [5.74, 6) is 0. The number of rotatable bonds is 6. The maximum absolute atomic E-state index is 5.77. The lowest BCUT2D eigenvalue weighted by Crippen LogP contribution is -2.31. The molecule has 2 nitrogen and oxygen atoms in total. The van der Waals surface area contributed by atoms with Crippen molar-refractivity contribution < 1.29 is 0 Å². The van der Waals surface area contributed by atoms with Gasteiger partial charge in [-0.2, -0.15) is 0 Å². The molecule has 0 atom stereocenters. The van der Waals surface area contributed by atoms with Crippen molar-refractivity contribution in [3.63, 3.8) is 0 Å². The number of benzene rings is 1. The molecule has 0 aromatic heterocycles. The Morgan fingerprint density at radius 3 is 2.72 bits per heavy atom. The van der Waals surface area contributed by atoms with Crippen molar-refractivity contribution in [2.24, 2.45) is 0 Å². The Morgan fingerprint density at radius 2 is 1.94 bits per heavy atom. The normalized spacial score (nSPS) is 16.9. The van der Waals surface area contributed by atoms with E-state index in [4.69, 9.17) is 5.73 Å². The van der Waals surface area contributed by atoms with Crippen LogP contribution >= 0.6 is 0 Å². The molecule has 2 rings (SSSR count). The quantitative estimate of drug-likeness (QED) is 0.595. The molecule has 1 aromatic rings. The van der Waals surface area contributed by atoms with E-state index in [1.54, 1.807) is 0 Å². The first-order valence-corrected chi connectivity index (χ1v) is 7.42. The van der Waals surface area contributed by atoms with Gasteiger partial charge in [-0.25, -0.2) is 0 Å². The molecule has 0 heterocycles. The van der Waals surface area contributed by atoms with Crippen molar-refractivity contribution in [3.05, 3.63) is 29.8 Å². The van der Waals surface area contributed by atoms with E-state index < -0.39 is 0 Å². The summed E-state index contributed by atoms with van der Waals surface area (Å²) >= 11 is 0. The molecular formula is C16H26N2. The number of nitrogen functional groups attached to an aromatic ring is 1. The summed E-state index contributed by atoms with van der Waals surface area (Å²) in [6.45, 7) is 1.17. The first-order chi connectivity index (χ1) is 8.84. The predicted octanol–water partition coefficient (Wildman–Crippen LogP) is 3.51. The standard InChI is InChI=1S/C16H26N2/c17-15-9-6-8-14(13-15)7-4-5-12-18-16-10-2-1-3-11-16/h6,8-9,13,16,18H,1-5,7,10-12,17H2. The molecule has 100 valence electrons. The summed E-state index contributed by atoms with van der Waals surface area (Å²) in [6.07, 6.45) is 10.7. The van der Waals surface area contributed by atoms with Gasteiger partial charge in [0.1, 0.15) is 0 Å². The molecule has 3 N–H and O–H groups in total. The second-order valence-corrected chi connectivity index (χ2v) is 5.49. The van der Waals surface area contributed by atoms with Crippen LogP contribution in [0.1, 0.15) is 50.5 Å². The molecule has 18 heavy (non-hydrogen) atoms. The molecule has 0 saturated heterocycles. The SMILES string of the molecule is Nc1cccc(CCCCNC2CCCCC2)c1. The van der Waals surface area contributed by atoms with E-state index in [2.05, 4.69) is 17.4 Å². The highest BCUT2D eigenvalue weighted by atomic mass is 14.9. The molecule has 1 fully saturated rings. The van der Waals surface area contributed by atoms with Crippen molar-refractivity contribution in [2.75, 3.05) is 12.3 Å². The van der Waals surface area contributed by atoms with Crippen LogP contribution in [0.3, 0.4) is 0 Å². The highest BCUT2D eigenvalue weighted by Gasteiger charge is 2.11. The van der Waals surface area contributed by atoms with Gasteiger partial charge >= 0.3 is 0 Å². The molecule has 1 saturated carbocycles. The Bertz CT molecular complexity index is 343. The highest BCUT2D eigenvalue weighted by molar-refractivity contribution is 5.40. The van der Waals surface area contributed by atoms with Gasteiger partial charge in [-0.1, -0.05) is 31.4 Å². The van der Waals surface area contributed by atoms with Gasteiger partial charge in [0, 0.05) is 11.7 Å². The van der Waals surface area contributed by atoms with Crippen LogP contribution in [0, 0.1) is 0 Å². The number of unbranched alkanes of at least 4 members (excludes halogenated alkanes) is 1. The molecule has 0 bridgehead atoms. The first-order valence-electron chi connectivity index (χ1n) is 7.42. The van der Waals surface area contributed by atoms with Gasteiger partial charge < -0.3 is 11.1 Å². The molecule has 1 aliphatic carbocycles. The lowest BCUT2D eigenvalue weighted by atomic mass is 9.95. The summed E-state index contributed by atoms with van der Waals surface area (Å²) < 4.78 is 0. The Labute approximate surface area is 111 Å². The average Bonchev–Trinajstić information content (AvgIpc) is 2.40. The number of hydrogen-bond donors (Lipinski definition) is 2. The number of aryl methyl sites for hydroxylation is 1. The van der Waals surface area contributed by atoms with E-state index in [0.717, 1.165) is 18.2 Å². The lowest BCUT2D eigenvalue weighted by Gasteiger charge is -2.22. The molecule has 1 aromatic carbocycles. The molecule has 2 heteroatoms. The second kappa shape index (κ2) is 7.42. The van der Waals surface area contributed by atoms with Gasteiger partial charge in [-0.15, -0.1) is 0 Å². The van der Waals surface area contributed by atoms with Crippen molar-refractivity contribution in [3.8, 4) is 0 Å². The topological polar surface area (TPSA) is 38.0 Å². The number of nitrogens with two attached hydrogens (primary N) is 1. The van der Waals surface area contributed by atoms with Crippen LogP contribution in [-0.4, -0.2) is 12.6 Å². The van der Waals surface area contributed by atoms with Crippen LogP contribution in [0.4, 0.5) is 5.69 Å². The van der Waals surface area contributed by atoms with E-state index in [-0.39, 0.29) is 0 Å². The fraction of sp³-hybridized carbons (Fsp3) is 0.625.